The third-order valence-corrected chi connectivity index (χ3v) is 1.81. The molecule has 0 spiro atoms. The lowest BCUT2D eigenvalue weighted by atomic mass is 10.2. The number of nitriles is 1. The summed E-state index contributed by atoms with van der Waals surface area (Å²) in [6.07, 6.45) is 0.604. The van der Waals surface area contributed by atoms with E-state index in [1.165, 1.54) is 0 Å². The molecule has 0 aliphatic carbocycles. The fraction of sp³-hybridized carbons (Fsp3) is 0.444. The number of methoxy groups -OCH3 is 1. The van der Waals surface area contributed by atoms with E-state index in [2.05, 4.69) is 9.97 Å². The topological polar surface area (TPSA) is 84.8 Å². The Balaban J connectivity index is 2.97. The number of rotatable bonds is 3. The van der Waals surface area contributed by atoms with Crippen LogP contribution in [0.3, 0.4) is 0 Å². The van der Waals surface area contributed by atoms with Crippen LogP contribution in [0.25, 0.3) is 0 Å². The van der Waals surface area contributed by atoms with E-state index in [-0.39, 0.29) is 5.82 Å². The van der Waals surface area contributed by atoms with Crippen molar-refractivity contribution in [2.75, 3.05) is 19.5 Å². The molecule has 14 heavy (non-hydrogen) atoms. The average Bonchev–Trinajstić information content (AvgIpc) is 2.14. The van der Waals surface area contributed by atoms with E-state index < -0.39 is 0 Å². The molecule has 0 saturated carbocycles. The highest BCUT2D eigenvalue weighted by molar-refractivity contribution is 5.50. The molecule has 1 heterocycles. The van der Waals surface area contributed by atoms with Crippen LogP contribution in [0.2, 0.25) is 0 Å². The van der Waals surface area contributed by atoms with Crippen molar-refractivity contribution in [1.82, 2.24) is 9.97 Å². The van der Waals surface area contributed by atoms with E-state index in [0.29, 0.717) is 30.1 Å². The van der Waals surface area contributed by atoms with Gasteiger partial charge >= 0.3 is 0 Å². The first kappa shape index (κ1) is 10.4. The minimum absolute atomic E-state index is 0.242. The number of nitrogens with two attached hydrogens (primary N) is 1. The summed E-state index contributed by atoms with van der Waals surface area (Å²) in [6, 6.07) is 1.97. The maximum atomic E-state index is 8.73. The van der Waals surface area contributed by atoms with Gasteiger partial charge in [0.05, 0.1) is 12.3 Å². The van der Waals surface area contributed by atoms with Crippen molar-refractivity contribution < 1.29 is 4.74 Å². The summed E-state index contributed by atoms with van der Waals surface area (Å²) in [5.74, 6) is 0.854. The second kappa shape index (κ2) is 4.53. The van der Waals surface area contributed by atoms with Gasteiger partial charge in [-0.15, -0.1) is 0 Å². The Morgan fingerprint density at radius 3 is 2.71 bits per heavy atom. The van der Waals surface area contributed by atoms with Crippen molar-refractivity contribution in [3.8, 4) is 6.07 Å². The van der Waals surface area contributed by atoms with Crippen LogP contribution in [0.5, 0.6) is 0 Å². The number of hydrogen-bond acceptors (Lipinski definition) is 5. The van der Waals surface area contributed by atoms with Gasteiger partial charge in [-0.25, -0.2) is 9.97 Å². The van der Waals surface area contributed by atoms with Crippen molar-refractivity contribution in [1.29, 1.82) is 5.26 Å². The standard InChI is InChI=1S/C9H12N4O/c1-6-7(5-10)9(11)13-8(12-6)3-4-14-2/h3-4H2,1-2H3,(H2,11,12,13). The molecule has 5 heteroatoms. The summed E-state index contributed by atoms with van der Waals surface area (Å²) >= 11 is 0. The molecule has 0 radical (unpaired) electrons. The first-order valence-electron chi connectivity index (χ1n) is 4.21. The third-order valence-electron chi connectivity index (χ3n) is 1.81. The van der Waals surface area contributed by atoms with Crippen LogP contribution in [0.4, 0.5) is 5.82 Å². The minimum atomic E-state index is 0.242. The van der Waals surface area contributed by atoms with Gasteiger partial charge in [0.1, 0.15) is 23.3 Å². The summed E-state index contributed by atoms with van der Waals surface area (Å²) < 4.78 is 4.90. The second-order valence-electron chi connectivity index (χ2n) is 2.84. The van der Waals surface area contributed by atoms with Crippen LogP contribution < -0.4 is 5.73 Å². The molecule has 0 aromatic carbocycles. The maximum Gasteiger partial charge on any atom is 0.145 e. The smallest absolute Gasteiger partial charge is 0.145 e. The molecule has 0 bridgehead atoms. The SMILES string of the molecule is COCCc1nc(C)c(C#N)c(N)n1. The van der Waals surface area contributed by atoms with Gasteiger partial charge in [0.25, 0.3) is 0 Å². The molecule has 0 atom stereocenters. The van der Waals surface area contributed by atoms with Crippen molar-refractivity contribution in [2.24, 2.45) is 0 Å². The number of ether oxygens (including phenoxy) is 1. The van der Waals surface area contributed by atoms with Gasteiger partial charge in [0.15, 0.2) is 0 Å². The Bertz CT molecular complexity index is 347. The predicted molar refractivity (Wildman–Crippen MR) is 51.5 cm³/mol. The van der Waals surface area contributed by atoms with Crippen molar-refractivity contribution >= 4 is 5.82 Å². The Morgan fingerprint density at radius 1 is 1.50 bits per heavy atom. The highest BCUT2D eigenvalue weighted by Gasteiger charge is 2.07. The molecule has 1 aromatic rings. The highest BCUT2D eigenvalue weighted by atomic mass is 16.5. The molecule has 1 aromatic heterocycles. The monoisotopic (exact) mass is 192 g/mol. The molecule has 1 rings (SSSR count). The Labute approximate surface area is 82.5 Å². The van der Waals surface area contributed by atoms with Crippen LogP contribution in [-0.2, 0) is 11.2 Å². The third kappa shape index (κ3) is 2.18. The molecule has 0 amide bonds. The summed E-state index contributed by atoms with van der Waals surface area (Å²) in [5, 5.41) is 8.73. The van der Waals surface area contributed by atoms with E-state index in [9.17, 15) is 0 Å². The first-order valence-corrected chi connectivity index (χ1v) is 4.21. The Hall–Kier alpha value is -1.67. The van der Waals surface area contributed by atoms with Crippen LogP contribution in [-0.4, -0.2) is 23.7 Å². The molecule has 0 fully saturated rings. The molecular formula is C9H12N4O. The molecule has 0 saturated heterocycles. The van der Waals surface area contributed by atoms with Gasteiger partial charge in [0, 0.05) is 13.5 Å². The Morgan fingerprint density at radius 2 is 2.21 bits per heavy atom. The second-order valence-corrected chi connectivity index (χ2v) is 2.84. The summed E-state index contributed by atoms with van der Waals surface area (Å²) in [7, 11) is 1.61. The average molecular weight is 192 g/mol. The lowest BCUT2D eigenvalue weighted by Gasteiger charge is -2.04. The van der Waals surface area contributed by atoms with Crippen molar-refractivity contribution in [3.63, 3.8) is 0 Å². The van der Waals surface area contributed by atoms with Crippen LogP contribution in [0.1, 0.15) is 17.1 Å². The predicted octanol–water partition coefficient (Wildman–Crippen LogP) is 0.428. The summed E-state index contributed by atoms with van der Waals surface area (Å²) in [6.45, 7) is 2.29. The van der Waals surface area contributed by atoms with Gasteiger partial charge in [-0.05, 0) is 6.92 Å². The quantitative estimate of drug-likeness (QED) is 0.750. The zero-order valence-corrected chi connectivity index (χ0v) is 8.24. The molecule has 0 aliphatic rings. The molecule has 5 nitrogen and oxygen atoms in total. The lowest BCUT2D eigenvalue weighted by Crippen LogP contribution is -2.07. The van der Waals surface area contributed by atoms with Crippen molar-refractivity contribution in [2.45, 2.75) is 13.3 Å². The lowest BCUT2D eigenvalue weighted by molar-refractivity contribution is 0.200. The van der Waals surface area contributed by atoms with E-state index in [4.69, 9.17) is 15.7 Å². The summed E-state index contributed by atoms with van der Waals surface area (Å²) in [4.78, 5) is 8.16. The van der Waals surface area contributed by atoms with Gasteiger partial charge in [-0.3, -0.25) is 0 Å². The highest BCUT2D eigenvalue weighted by Crippen LogP contribution is 2.11. The van der Waals surface area contributed by atoms with Gasteiger partial charge in [0.2, 0.25) is 0 Å². The number of anilines is 1. The van der Waals surface area contributed by atoms with E-state index in [1.54, 1.807) is 14.0 Å². The molecular weight excluding hydrogens is 180 g/mol. The van der Waals surface area contributed by atoms with Crippen LogP contribution in [0.15, 0.2) is 0 Å². The molecule has 0 aliphatic heterocycles. The minimum Gasteiger partial charge on any atom is -0.384 e. The number of aromatic nitrogens is 2. The molecule has 0 unspecified atom stereocenters. The largest absolute Gasteiger partial charge is 0.384 e. The Kier molecular flexibility index (Phi) is 3.37. The fourth-order valence-corrected chi connectivity index (χ4v) is 1.10. The van der Waals surface area contributed by atoms with Gasteiger partial charge in [-0.2, -0.15) is 5.26 Å². The zero-order valence-electron chi connectivity index (χ0n) is 8.24. The van der Waals surface area contributed by atoms with Crippen LogP contribution >= 0.6 is 0 Å². The fourth-order valence-electron chi connectivity index (χ4n) is 1.10. The molecule has 74 valence electrons. The number of aryl methyl sites for hydroxylation is 1. The zero-order chi connectivity index (χ0) is 10.6. The molecule has 2 N–H and O–H groups in total. The van der Waals surface area contributed by atoms with E-state index >= 15 is 0 Å². The van der Waals surface area contributed by atoms with Crippen LogP contribution in [0, 0.1) is 18.3 Å². The van der Waals surface area contributed by atoms with Crippen molar-refractivity contribution in [3.05, 3.63) is 17.1 Å². The number of hydrogen-bond donors (Lipinski definition) is 1. The van der Waals surface area contributed by atoms with Gasteiger partial charge < -0.3 is 10.5 Å². The van der Waals surface area contributed by atoms with E-state index in [1.807, 2.05) is 6.07 Å². The normalized spacial score (nSPS) is 9.79. The summed E-state index contributed by atoms with van der Waals surface area (Å²) in [5.41, 5.74) is 6.56. The maximum absolute atomic E-state index is 8.73. The first-order chi connectivity index (χ1) is 6.69. The van der Waals surface area contributed by atoms with Gasteiger partial charge in [-0.1, -0.05) is 0 Å². The van der Waals surface area contributed by atoms with E-state index in [0.717, 1.165) is 0 Å². The number of nitrogens with zero attached hydrogens (tertiary/aromatic N) is 3. The number of nitrogen functional groups attached to an aromatic ring is 1.